The Morgan fingerprint density at radius 3 is 2.30 bits per heavy atom. The molecular formula is C15H22N2O3. The minimum Gasteiger partial charge on any atom is -0.390 e. The van der Waals surface area contributed by atoms with Crippen molar-refractivity contribution < 1.29 is 10.0 Å². The monoisotopic (exact) mass is 278 g/mol. The van der Waals surface area contributed by atoms with E-state index < -0.39 is 5.60 Å². The second kappa shape index (κ2) is 5.89. The number of piperidine rings is 1. The van der Waals surface area contributed by atoms with Crippen LogP contribution in [0.3, 0.4) is 0 Å². The van der Waals surface area contributed by atoms with Gasteiger partial charge in [-0.05, 0) is 51.3 Å². The maximum atomic E-state index is 10.6. The van der Waals surface area contributed by atoms with Crippen molar-refractivity contribution in [1.29, 1.82) is 0 Å². The molecule has 1 aliphatic heterocycles. The van der Waals surface area contributed by atoms with E-state index in [1.807, 2.05) is 26.0 Å². The summed E-state index contributed by atoms with van der Waals surface area (Å²) >= 11 is 0. The Labute approximate surface area is 119 Å². The molecule has 1 aromatic carbocycles. The van der Waals surface area contributed by atoms with E-state index in [0.29, 0.717) is 5.92 Å². The number of benzene rings is 1. The Morgan fingerprint density at radius 2 is 1.85 bits per heavy atom. The molecule has 0 amide bonds. The van der Waals surface area contributed by atoms with Crippen LogP contribution in [0.4, 0.5) is 5.69 Å². The van der Waals surface area contributed by atoms with Gasteiger partial charge in [0.2, 0.25) is 0 Å². The summed E-state index contributed by atoms with van der Waals surface area (Å²) < 4.78 is 0. The molecule has 5 heteroatoms. The fraction of sp³-hybridized carbons (Fsp3) is 0.600. The van der Waals surface area contributed by atoms with E-state index in [-0.39, 0.29) is 10.6 Å². The quantitative estimate of drug-likeness (QED) is 0.679. The highest BCUT2D eigenvalue weighted by molar-refractivity contribution is 5.32. The first-order valence-corrected chi connectivity index (χ1v) is 7.04. The van der Waals surface area contributed by atoms with Gasteiger partial charge in [0.15, 0.2) is 0 Å². The van der Waals surface area contributed by atoms with Gasteiger partial charge < -0.3 is 5.11 Å². The second-order valence-corrected chi connectivity index (χ2v) is 6.13. The number of rotatable bonds is 4. The first-order valence-electron chi connectivity index (χ1n) is 7.04. The van der Waals surface area contributed by atoms with Gasteiger partial charge >= 0.3 is 0 Å². The van der Waals surface area contributed by atoms with Crippen molar-refractivity contribution in [3.8, 4) is 0 Å². The van der Waals surface area contributed by atoms with Crippen molar-refractivity contribution in [1.82, 2.24) is 4.90 Å². The molecule has 1 aliphatic rings. The van der Waals surface area contributed by atoms with Gasteiger partial charge in [-0.2, -0.15) is 0 Å². The van der Waals surface area contributed by atoms with Gasteiger partial charge in [-0.3, -0.25) is 15.0 Å². The van der Waals surface area contributed by atoms with Gasteiger partial charge in [0.1, 0.15) is 0 Å². The summed E-state index contributed by atoms with van der Waals surface area (Å²) in [6.45, 7) is 6.50. The van der Waals surface area contributed by atoms with E-state index in [2.05, 4.69) is 4.90 Å². The molecule has 1 fully saturated rings. The summed E-state index contributed by atoms with van der Waals surface area (Å²) in [6, 6.07) is 6.75. The lowest BCUT2D eigenvalue weighted by atomic mass is 9.83. The highest BCUT2D eigenvalue weighted by Crippen LogP contribution is 2.28. The first-order chi connectivity index (χ1) is 9.36. The van der Waals surface area contributed by atoms with Crippen molar-refractivity contribution in [3.05, 3.63) is 39.9 Å². The first kappa shape index (κ1) is 14.9. The van der Waals surface area contributed by atoms with Gasteiger partial charge in [-0.25, -0.2) is 0 Å². The fourth-order valence-corrected chi connectivity index (χ4v) is 2.78. The van der Waals surface area contributed by atoms with E-state index in [9.17, 15) is 15.2 Å². The van der Waals surface area contributed by atoms with E-state index in [1.54, 1.807) is 12.1 Å². The molecule has 1 heterocycles. The Kier molecular flexibility index (Phi) is 4.40. The van der Waals surface area contributed by atoms with Crippen molar-refractivity contribution in [3.63, 3.8) is 0 Å². The number of likely N-dealkylation sites (tertiary alicyclic amines) is 1. The van der Waals surface area contributed by atoms with Gasteiger partial charge in [-0.15, -0.1) is 0 Å². The minimum absolute atomic E-state index is 0.134. The Bertz CT molecular complexity index is 457. The van der Waals surface area contributed by atoms with Crippen molar-refractivity contribution in [2.75, 3.05) is 13.1 Å². The van der Waals surface area contributed by atoms with Crippen LogP contribution in [0, 0.1) is 16.0 Å². The van der Waals surface area contributed by atoms with E-state index in [0.717, 1.165) is 38.0 Å². The lowest BCUT2D eigenvalue weighted by molar-refractivity contribution is -0.384. The molecule has 0 radical (unpaired) electrons. The van der Waals surface area contributed by atoms with Crippen molar-refractivity contribution in [2.24, 2.45) is 5.92 Å². The average molecular weight is 278 g/mol. The molecule has 0 saturated carbocycles. The molecule has 110 valence electrons. The fourth-order valence-electron chi connectivity index (χ4n) is 2.78. The van der Waals surface area contributed by atoms with Crippen LogP contribution in [0.15, 0.2) is 24.3 Å². The number of aliphatic hydroxyl groups is 1. The predicted octanol–water partition coefficient (Wildman–Crippen LogP) is 2.58. The maximum absolute atomic E-state index is 10.6. The minimum atomic E-state index is -0.598. The normalized spacial score (nSPS) is 18.1. The second-order valence-electron chi connectivity index (χ2n) is 6.13. The standard InChI is InChI=1S/C15H22N2O3/c1-15(2,18)13-7-9-16(10-8-13)11-12-3-5-14(6-4-12)17(19)20/h3-6,13,18H,7-11H2,1-2H3. The molecule has 0 bridgehead atoms. The molecule has 0 aliphatic carbocycles. The molecule has 5 nitrogen and oxygen atoms in total. The molecular weight excluding hydrogens is 256 g/mol. The molecule has 1 N–H and O–H groups in total. The summed E-state index contributed by atoms with van der Waals surface area (Å²) in [6.07, 6.45) is 1.99. The van der Waals surface area contributed by atoms with Gasteiger partial charge in [-0.1, -0.05) is 12.1 Å². The van der Waals surface area contributed by atoms with Crippen LogP contribution in [0.1, 0.15) is 32.3 Å². The van der Waals surface area contributed by atoms with Crippen LogP contribution >= 0.6 is 0 Å². The molecule has 20 heavy (non-hydrogen) atoms. The number of nitrogens with zero attached hydrogens (tertiary/aromatic N) is 2. The predicted molar refractivity (Wildman–Crippen MR) is 77.4 cm³/mol. The van der Waals surface area contributed by atoms with Gasteiger partial charge in [0, 0.05) is 18.7 Å². The van der Waals surface area contributed by atoms with Crippen LogP contribution in [-0.2, 0) is 6.54 Å². The Morgan fingerprint density at radius 1 is 1.30 bits per heavy atom. The molecule has 0 unspecified atom stereocenters. The summed E-state index contributed by atoms with van der Waals surface area (Å²) in [5, 5.41) is 20.6. The van der Waals surface area contributed by atoms with Gasteiger partial charge in [0.05, 0.1) is 10.5 Å². The number of hydrogen-bond donors (Lipinski definition) is 1. The molecule has 0 spiro atoms. The average Bonchev–Trinajstić information content (AvgIpc) is 2.39. The van der Waals surface area contributed by atoms with Crippen LogP contribution in [0.2, 0.25) is 0 Å². The van der Waals surface area contributed by atoms with Crippen LogP contribution < -0.4 is 0 Å². The number of nitro groups is 1. The molecule has 0 aromatic heterocycles. The Hall–Kier alpha value is -1.46. The van der Waals surface area contributed by atoms with E-state index in [1.165, 1.54) is 0 Å². The van der Waals surface area contributed by atoms with E-state index >= 15 is 0 Å². The third-order valence-corrected chi connectivity index (χ3v) is 4.14. The highest BCUT2D eigenvalue weighted by Gasteiger charge is 2.30. The summed E-state index contributed by atoms with van der Waals surface area (Å²) in [4.78, 5) is 12.6. The lowest BCUT2D eigenvalue weighted by Crippen LogP contribution is -2.41. The molecule has 1 saturated heterocycles. The maximum Gasteiger partial charge on any atom is 0.269 e. The topological polar surface area (TPSA) is 66.6 Å². The lowest BCUT2D eigenvalue weighted by Gasteiger charge is -2.37. The smallest absolute Gasteiger partial charge is 0.269 e. The van der Waals surface area contributed by atoms with Crippen LogP contribution in [0.5, 0.6) is 0 Å². The SMILES string of the molecule is CC(C)(O)C1CCN(Cc2ccc([N+](=O)[O-])cc2)CC1. The van der Waals surface area contributed by atoms with Crippen molar-refractivity contribution >= 4 is 5.69 Å². The summed E-state index contributed by atoms with van der Waals surface area (Å²) in [5.74, 6) is 0.357. The number of hydrogen-bond acceptors (Lipinski definition) is 4. The third-order valence-electron chi connectivity index (χ3n) is 4.14. The molecule has 1 aromatic rings. The highest BCUT2D eigenvalue weighted by atomic mass is 16.6. The summed E-state index contributed by atoms with van der Waals surface area (Å²) in [7, 11) is 0. The third kappa shape index (κ3) is 3.77. The summed E-state index contributed by atoms with van der Waals surface area (Å²) in [5.41, 5.74) is 0.631. The largest absolute Gasteiger partial charge is 0.390 e. The zero-order chi connectivity index (χ0) is 14.8. The van der Waals surface area contributed by atoms with Crippen LogP contribution in [0.25, 0.3) is 0 Å². The van der Waals surface area contributed by atoms with Gasteiger partial charge in [0.25, 0.3) is 5.69 Å². The zero-order valence-electron chi connectivity index (χ0n) is 12.1. The number of non-ortho nitro benzene ring substituents is 1. The number of nitro benzene ring substituents is 1. The van der Waals surface area contributed by atoms with E-state index in [4.69, 9.17) is 0 Å². The van der Waals surface area contributed by atoms with Crippen molar-refractivity contribution in [2.45, 2.75) is 38.8 Å². The van der Waals surface area contributed by atoms with Crippen LogP contribution in [-0.4, -0.2) is 33.6 Å². The molecule has 2 rings (SSSR count). The Balaban J connectivity index is 1.88. The molecule has 0 atom stereocenters. The zero-order valence-corrected chi connectivity index (χ0v) is 12.1.